The number of cyclic esters (lactones) is 1. The Morgan fingerprint density at radius 3 is 2.87 bits per heavy atom. The number of hydrogen-bond donors (Lipinski definition) is 1. The molecule has 1 saturated heterocycles. The highest BCUT2D eigenvalue weighted by Crippen LogP contribution is 2.11. The Hall–Kier alpha value is -1.71. The molecule has 2 rings (SSSR count). The molecule has 0 radical (unpaired) electrons. The number of nitrogens with one attached hydrogen (secondary N) is 1. The molecule has 1 aromatic rings. The van der Waals surface area contributed by atoms with Gasteiger partial charge in [0, 0.05) is 12.5 Å². The number of rotatable bonds is 3. The summed E-state index contributed by atoms with van der Waals surface area (Å²) in [6.07, 6.45) is -0.342. The SMILES string of the molecule is O=C1NCC(COc2ccccc2)CO1. The van der Waals surface area contributed by atoms with Gasteiger partial charge < -0.3 is 14.8 Å². The van der Waals surface area contributed by atoms with Gasteiger partial charge in [-0.05, 0) is 12.1 Å². The van der Waals surface area contributed by atoms with Gasteiger partial charge in [-0.3, -0.25) is 0 Å². The lowest BCUT2D eigenvalue weighted by molar-refractivity contribution is 0.0837. The monoisotopic (exact) mass is 207 g/mol. The van der Waals surface area contributed by atoms with E-state index in [9.17, 15) is 4.79 Å². The molecule has 1 heterocycles. The molecule has 1 aromatic carbocycles. The fourth-order valence-corrected chi connectivity index (χ4v) is 1.37. The third-order valence-corrected chi connectivity index (χ3v) is 2.21. The minimum atomic E-state index is -0.342. The Kier molecular flexibility index (Phi) is 3.07. The summed E-state index contributed by atoms with van der Waals surface area (Å²) in [5.41, 5.74) is 0. The molecule has 1 N–H and O–H groups in total. The number of para-hydroxylation sites is 1. The van der Waals surface area contributed by atoms with Crippen LogP contribution in [0.5, 0.6) is 5.75 Å². The summed E-state index contributed by atoms with van der Waals surface area (Å²) in [5, 5.41) is 2.63. The lowest BCUT2D eigenvalue weighted by atomic mass is 10.1. The highest BCUT2D eigenvalue weighted by molar-refractivity contribution is 5.67. The third-order valence-electron chi connectivity index (χ3n) is 2.21. The van der Waals surface area contributed by atoms with Gasteiger partial charge in [-0.25, -0.2) is 4.79 Å². The minimum absolute atomic E-state index is 0.225. The zero-order chi connectivity index (χ0) is 10.5. The van der Waals surface area contributed by atoms with Crippen LogP contribution in [-0.2, 0) is 4.74 Å². The number of alkyl carbamates (subject to hydrolysis) is 1. The Bertz CT molecular complexity index is 316. The lowest BCUT2D eigenvalue weighted by Gasteiger charge is -2.22. The van der Waals surface area contributed by atoms with E-state index in [0.717, 1.165) is 5.75 Å². The summed E-state index contributed by atoms with van der Waals surface area (Å²) < 4.78 is 10.4. The Balaban J connectivity index is 1.77. The van der Waals surface area contributed by atoms with Crippen LogP contribution in [-0.4, -0.2) is 25.9 Å². The van der Waals surface area contributed by atoms with Gasteiger partial charge >= 0.3 is 6.09 Å². The van der Waals surface area contributed by atoms with E-state index in [2.05, 4.69) is 5.32 Å². The van der Waals surface area contributed by atoms with Crippen molar-refractivity contribution in [1.82, 2.24) is 5.32 Å². The summed E-state index contributed by atoms with van der Waals surface area (Å²) in [7, 11) is 0. The molecule has 4 nitrogen and oxygen atoms in total. The van der Waals surface area contributed by atoms with E-state index in [1.54, 1.807) is 0 Å². The quantitative estimate of drug-likeness (QED) is 0.815. The van der Waals surface area contributed by atoms with Crippen molar-refractivity contribution in [1.29, 1.82) is 0 Å². The highest BCUT2D eigenvalue weighted by atomic mass is 16.6. The average molecular weight is 207 g/mol. The molecule has 4 heteroatoms. The minimum Gasteiger partial charge on any atom is -0.493 e. The molecular formula is C11H13NO3. The standard InChI is InChI=1S/C11H13NO3/c13-11-12-6-9(8-15-11)7-14-10-4-2-1-3-5-10/h1-5,9H,6-8H2,(H,12,13). The molecule has 0 spiro atoms. The molecule has 0 aromatic heterocycles. The predicted octanol–water partition coefficient (Wildman–Crippen LogP) is 1.42. The van der Waals surface area contributed by atoms with Crippen LogP contribution < -0.4 is 10.1 Å². The molecule has 1 unspecified atom stereocenters. The maximum absolute atomic E-state index is 10.7. The lowest BCUT2D eigenvalue weighted by Crippen LogP contribution is -2.41. The van der Waals surface area contributed by atoms with E-state index in [0.29, 0.717) is 19.8 Å². The van der Waals surface area contributed by atoms with Crippen LogP contribution in [0.4, 0.5) is 4.79 Å². The van der Waals surface area contributed by atoms with E-state index in [4.69, 9.17) is 9.47 Å². The van der Waals surface area contributed by atoms with Crippen LogP contribution in [0.3, 0.4) is 0 Å². The second-order valence-corrected chi connectivity index (χ2v) is 3.47. The fraction of sp³-hybridized carbons (Fsp3) is 0.364. The number of amides is 1. The van der Waals surface area contributed by atoms with Crippen LogP contribution in [0.1, 0.15) is 0 Å². The maximum atomic E-state index is 10.7. The first-order valence-corrected chi connectivity index (χ1v) is 4.93. The zero-order valence-corrected chi connectivity index (χ0v) is 8.31. The first-order chi connectivity index (χ1) is 7.34. The van der Waals surface area contributed by atoms with Crippen molar-refractivity contribution in [3.05, 3.63) is 30.3 Å². The van der Waals surface area contributed by atoms with E-state index in [-0.39, 0.29) is 12.0 Å². The van der Waals surface area contributed by atoms with E-state index in [1.165, 1.54) is 0 Å². The van der Waals surface area contributed by atoms with Gasteiger partial charge in [0.25, 0.3) is 0 Å². The molecule has 1 amide bonds. The largest absolute Gasteiger partial charge is 0.493 e. The second-order valence-electron chi connectivity index (χ2n) is 3.47. The molecule has 0 bridgehead atoms. The Labute approximate surface area is 88.2 Å². The molecule has 15 heavy (non-hydrogen) atoms. The third kappa shape index (κ3) is 2.87. The van der Waals surface area contributed by atoms with Crippen LogP contribution in [0, 0.1) is 5.92 Å². The molecule has 1 fully saturated rings. The van der Waals surface area contributed by atoms with Crippen LogP contribution in [0.15, 0.2) is 30.3 Å². The van der Waals surface area contributed by atoms with Crippen molar-refractivity contribution in [3.8, 4) is 5.75 Å². The summed E-state index contributed by atoms with van der Waals surface area (Å²) in [6, 6.07) is 9.60. The Morgan fingerprint density at radius 2 is 2.20 bits per heavy atom. The van der Waals surface area contributed by atoms with Crippen LogP contribution in [0.2, 0.25) is 0 Å². The summed E-state index contributed by atoms with van der Waals surface area (Å²) in [4.78, 5) is 10.7. The van der Waals surface area contributed by atoms with Crippen molar-refractivity contribution >= 4 is 6.09 Å². The van der Waals surface area contributed by atoms with E-state index in [1.807, 2.05) is 30.3 Å². The highest BCUT2D eigenvalue weighted by Gasteiger charge is 2.19. The van der Waals surface area contributed by atoms with Gasteiger partial charge in [0.15, 0.2) is 0 Å². The average Bonchev–Trinajstić information content (AvgIpc) is 2.30. The molecular weight excluding hydrogens is 194 g/mol. The topological polar surface area (TPSA) is 47.6 Å². The summed E-state index contributed by atoms with van der Waals surface area (Å²) in [6.45, 7) is 1.61. The first kappa shape index (κ1) is 9.83. The van der Waals surface area contributed by atoms with Crippen LogP contribution >= 0.6 is 0 Å². The second kappa shape index (κ2) is 4.68. The van der Waals surface area contributed by atoms with Gasteiger partial charge in [-0.1, -0.05) is 18.2 Å². The number of benzene rings is 1. The van der Waals surface area contributed by atoms with Gasteiger partial charge in [-0.2, -0.15) is 0 Å². The first-order valence-electron chi connectivity index (χ1n) is 4.93. The summed E-state index contributed by atoms with van der Waals surface area (Å²) >= 11 is 0. The van der Waals surface area contributed by atoms with Crippen LogP contribution in [0.25, 0.3) is 0 Å². The Morgan fingerprint density at radius 1 is 1.40 bits per heavy atom. The van der Waals surface area contributed by atoms with E-state index >= 15 is 0 Å². The van der Waals surface area contributed by atoms with E-state index < -0.39 is 0 Å². The molecule has 1 aliphatic heterocycles. The van der Waals surface area contributed by atoms with Crippen molar-refractivity contribution in [2.45, 2.75) is 0 Å². The van der Waals surface area contributed by atoms with Gasteiger partial charge in [-0.15, -0.1) is 0 Å². The molecule has 0 aliphatic carbocycles. The van der Waals surface area contributed by atoms with Crippen molar-refractivity contribution in [2.24, 2.45) is 5.92 Å². The molecule has 0 saturated carbocycles. The molecule has 1 atom stereocenters. The number of carbonyl (C=O) groups excluding carboxylic acids is 1. The van der Waals surface area contributed by atoms with Crippen molar-refractivity contribution in [2.75, 3.05) is 19.8 Å². The number of ether oxygens (including phenoxy) is 2. The smallest absolute Gasteiger partial charge is 0.407 e. The van der Waals surface area contributed by atoms with Crippen molar-refractivity contribution in [3.63, 3.8) is 0 Å². The maximum Gasteiger partial charge on any atom is 0.407 e. The number of hydrogen-bond acceptors (Lipinski definition) is 3. The van der Waals surface area contributed by atoms with Crippen molar-refractivity contribution < 1.29 is 14.3 Å². The summed E-state index contributed by atoms with van der Waals surface area (Å²) in [5.74, 6) is 1.07. The number of carbonyl (C=O) groups is 1. The normalized spacial score (nSPS) is 20.3. The van der Waals surface area contributed by atoms with Gasteiger partial charge in [0.05, 0.1) is 6.61 Å². The molecule has 80 valence electrons. The van der Waals surface area contributed by atoms with Gasteiger partial charge in [0.2, 0.25) is 0 Å². The van der Waals surface area contributed by atoms with Gasteiger partial charge in [0.1, 0.15) is 12.4 Å². The predicted molar refractivity (Wildman–Crippen MR) is 54.8 cm³/mol. The molecule has 1 aliphatic rings. The fourth-order valence-electron chi connectivity index (χ4n) is 1.37. The zero-order valence-electron chi connectivity index (χ0n) is 8.31.